The molecule has 8 aromatic heterocycles. The fourth-order valence-corrected chi connectivity index (χ4v) is 12.1. The topological polar surface area (TPSA) is 226 Å². The minimum absolute atomic E-state index is 0.299. The molecule has 95 heavy (non-hydrogen) atoms. The lowest BCUT2D eigenvalue weighted by molar-refractivity contribution is 0.445. The fraction of sp³-hybridized carbons (Fsp3) is 0.127. The number of rotatable bonds is 8. The third-order valence-corrected chi connectivity index (χ3v) is 17.9. The first kappa shape index (κ1) is 64.8. The van der Waals surface area contributed by atoms with Crippen molar-refractivity contribution in [3.8, 4) is 11.8 Å². The molecule has 12 aromatic rings. The van der Waals surface area contributed by atoms with Crippen molar-refractivity contribution in [2.24, 2.45) is 20.0 Å². The Morgan fingerprint density at radius 1 is 0.495 bits per heavy atom. The van der Waals surface area contributed by atoms with E-state index >= 15 is 0 Å². The molecule has 5 N–H and O–H groups in total. The molecule has 0 bridgehead atoms. The summed E-state index contributed by atoms with van der Waals surface area (Å²) >= 11 is 21.8. The number of anilines is 4. The second-order valence-electron chi connectivity index (χ2n) is 21.8. The van der Waals surface area contributed by atoms with E-state index in [0.717, 1.165) is 95.7 Å². The Balaban J connectivity index is 0.000000114. The lowest BCUT2D eigenvalue weighted by Gasteiger charge is -2.09. The minimum atomic E-state index is -0.503. The van der Waals surface area contributed by atoms with Crippen LogP contribution in [0, 0.1) is 40.6 Å². The first-order valence-corrected chi connectivity index (χ1v) is 32.7. The standard InChI is InChI=1S/C17H12ClN5O.C14H11ClFN3.C14H14N4.C13H11ClN2S.C13H11N3S/c18-13-8-12(10-22-17(13)24-14-5-1-2-6-19-14)23-16-15-11(9-21-16)4-3-7-20-15;1-8-2-4-10(6-11(8)15)18-14-13-9(7-17-14)3-5-12(16)19-13;1-9-3-4-11(7-10(9)2)18-14-13-12(8-17-14)15-5-6-16-13;1-8-2-3-10(6-11(8)14)16-13-12-9(7-15-13)4-5-17-12;1-9-4-2-5-10(8-9)17-13-12-11(15-16-13)6-3-7-14-12/h1-8,10H,9H2,(H,21,23);2-6H,7H2,1H3,(H,17,18);3-7H,8H2,1-2H3,(H,17,18);2-6H,7H2,1H3,(H,15,16);2-8H,1H3,(H,15,16). The van der Waals surface area contributed by atoms with E-state index in [1.54, 1.807) is 78.5 Å². The average Bonchev–Trinajstić information content (AvgIpc) is 1.81. The summed E-state index contributed by atoms with van der Waals surface area (Å²) in [6.45, 7) is 12.7. The van der Waals surface area contributed by atoms with Gasteiger partial charge in [0.1, 0.15) is 38.5 Å². The Bertz CT molecular complexity index is 4910. The number of H-pyrrole nitrogens is 1. The number of hydrogen-bond acceptors (Lipinski definition) is 19. The van der Waals surface area contributed by atoms with Gasteiger partial charge in [0.05, 0.1) is 54.2 Å². The number of pyridine rings is 5. The molecule has 0 unspecified atom stereocenters. The summed E-state index contributed by atoms with van der Waals surface area (Å²) in [6.07, 6.45) is 10.2. The number of amidine groups is 4. The molecule has 4 aliphatic heterocycles. The Morgan fingerprint density at radius 3 is 1.86 bits per heavy atom. The van der Waals surface area contributed by atoms with Gasteiger partial charge >= 0.3 is 0 Å². The number of fused-ring (bicyclic) bond motifs is 5. The van der Waals surface area contributed by atoms with Crippen LogP contribution in [-0.4, -0.2) is 68.4 Å². The summed E-state index contributed by atoms with van der Waals surface area (Å²) in [5.41, 5.74) is 17.9. The van der Waals surface area contributed by atoms with Crippen molar-refractivity contribution >= 4 is 115 Å². The fourth-order valence-electron chi connectivity index (χ4n) is 9.73. The van der Waals surface area contributed by atoms with Crippen LogP contribution in [0.25, 0.3) is 11.0 Å². The van der Waals surface area contributed by atoms with Crippen molar-refractivity contribution in [2.45, 2.75) is 70.7 Å². The van der Waals surface area contributed by atoms with Crippen LogP contribution in [0.3, 0.4) is 0 Å². The smallest absolute Gasteiger partial charge is 0.240 e. The summed E-state index contributed by atoms with van der Waals surface area (Å²) in [4.78, 5) is 49.6. The first-order valence-electron chi connectivity index (χ1n) is 29.8. The molecule has 16 rings (SSSR count). The van der Waals surface area contributed by atoms with Crippen LogP contribution < -0.4 is 26.0 Å². The van der Waals surface area contributed by atoms with Crippen molar-refractivity contribution in [1.82, 2.24) is 45.1 Å². The summed E-state index contributed by atoms with van der Waals surface area (Å²) in [5.74, 6) is 3.28. The van der Waals surface area contributed by atoms with E-state index in [9.17, 15) is 4.39 Å². The summed E-state index contributed by atoms with van der Waals surface area (Å²) in [5, 5.41) is 25.1. The number of ether oxygens (including phenoxy) is 1. The van der Waals surface area contributed by atoms with Crippen molar-refractivity contribution < 1.29 is 9.13 Å². The summed E-state index contributed by atoms with van der Waals surface area (Å²) < 4.78 is 18.7. The number of halogens is 4. The number of aryl methyl sites for hydroxylation is 5. The van der Waals surface area contributed by atoms with Gasteiger partial charge in [-0.05, 0) is 159 Å². The third kappa shape index (κ3) is 16.4. The molecule has 0 fully saturated rings. The molecule has 4 aromatic carbocycles. The van der Waals surface area contributed by atoms with Crippen LogP contribution in [0.5, 0.6) is 11.8 Å². The zero-order valence-corrected chi connectivity index (χ0v) is 55.7. The van der Waals surface area contributed by atoms with Gasteiger partial charge in [-0.2, -0.15) is 9.49 Å². The number of benzene rings is 4. The SMILES string of the molecule is Cc1ccc(NC2=NCc3ccc(F)nc32)cc1Cl.Cc1ccc(NC2=NCc3ccsc32)cc1Cl.Cc1ccc(NC2=NCc3nccnc32)cc1C.Cc1cccc(Sc2n[nH]c3cccnc23)c1.Clc1cc(NC2=NCc3cccnc32)cnc1Oc1ccccn1. The van der Waals surface area contributed by atoms with E-state index in [4.69, 9.17) is 39.5 Å². The number of hydrogen-bond donors (Lipinski definition) is 5. The maximum absolute atomic E-state index is 13.2. The Kier molecular flexibility index (Phi) is 20.6. The Labute approximate surface area is 570 Å². The lowest BCUT2D eigenvalue weighted by Crippen LogP contribution is -2.14. The molecule has 0 atom stereocenters. The van der Waals surface area contributed by atoms with Crippen LogP contribution in [0.2, 0.25) is 15.1 Å². The molecule has 4 aliphatic rings. The van der Waals surface area contributed by atoms with Gasteiger partial charge in [-0.3, -0.25) is 40.0 Å². The van der Waals surface area contributed by atoms with Crippen LogP contribution in [0.1, 0.15) is 72.2 Å². The second-order valence-corrected chi connectivity index (χ2v) is 25.0. The van der Waals surface area contributed by atoms with E-state index in [-0.39, 0.29) is 0 Å². The van der Waals surface area contributed by atoms with Crippen LogP contribution in [0.15, 0.2) is 218 Å². The highest BCUT2D eigenvalue weighted by molar-refractivity contribution is 7.99. The molecule has 474 valence electrons. The predicted molar refractivity (Wildman–Crippen MR) is 381 cm³/mol. The number of nitrogens with one attached hydrogen (secondary N) is 5. The van der Waals surface area contributed by atoms with E-state index in [1.165, 1.54) is 38.1 Å². The highest BCUT2D eigenvalue weighted by Crippen LogP contribution is 2.33. The Morgan fingerprint density at radius 2 is 1.13 bits per heavy atom. The van der Waals surface area contributed by atoms with Crippen LogP contribution in [0.4, 0.5) is 27.1 Å². The van der Waals surface area contributed by atoms with Crippen LogP contribution in [-0.2, 0) is 26.2 Å². The van der Waals surface area contributed by atoms with E-state index in [1.807, 2.05) is 86.6 Å². The molecule has 0 saturated heterocycles. The normalized spacial score (nSPS) is 12.6. The van der Waals surface area contributed by atoms with Crippen molar-refractivity contribution in [1.29, 1.82) is 0 Å². The summed E-state index contributed by atoms with van der Waals surface area (Å²) in [7, 11) is 0. The van der Waals surface area contributed by atoms with Crippen molar-refractivity contribution in [2.75, 3.05) is 21.3 Å². The Hall–Kier alpha value is -10.3. The van der Waals surface area contributed by atoms with E-state index in [0.29, 0.717) is 64.5 Å². The minimum Gasteiger partial charge on any atom is -0.419 e. The van der Waals surface area contributed by atoms with Crippen molar-refractivity contribution in [3.05, 3.63) is 281 Å². The van der Waals surface area contributed by atoms with Gasteiger partial charge in [-0.15, -0.1) is 11.3 Å². The van der Waals surface area contributed by atoms with E-state index < -0.39 is 5.95 Å². The van der Waals surface area contributed by atoms with Gasteiger partial charge in [0.25, 0.3) is 0 Å². The molecule has 0 aliphatic carbocycles. The van der Waals surface area contributed by atoms with Crippen molar-refractivity contribution in [3.63, 3.8) is 0 Å². The maximum atomic E-state index is 13.2. The second kappa shape index (κ2) is 30.2. The maximum Gasteiger partial charge on any atom is 0.240 e. The molecular weight excluding hydrogens is 1300 g/mol. The number of thiophene rings is 1. The van der Waals surface area contributed by atoms with Crippen LogP contribution >= 0.6 is 57.9 Å². The molecule has 12 heterocycles. The first-order chi connectivity index (χ1) is 46.2. The molecule has 0 saturated carbocycles. The third-order valence-electron chi connectivity index (χ3n) is 14.9. The van der Waals surface area contributed by atoms with Gasteiger partial charge in [-0.1, -0.05) is 101 Å². The quantitative estimate of drug-likeness (QED) is 0.0893. The highest BCUT2D eigenvalue weighted by atomic mass is 35.5. The van der Waals surface area contributed by atoms with Gasteiger partial charge in [-0.25, -0.2) is 19.9 Å². The number of aromatic nitrogens is 9. The monoisotopic (exact) mass is 1350 g/mol. The van der Waals surface area contributed by atoms with Gasteiger partial charge in [0.15, 0.2) is 17.5 Å². The van der Waals surface area contributed by atoms with Gasteiger partial charge in [0, 0.05) is 80.2 Å². The number of aromatic amines is 1. The van der Waals surface area contributed by atoms with E-state index in [2.05, 4.69) is 161 Å². The predicted octanol–water partition coefficient (Wildman–Crippen LogP) is 17.2. The van der Waals surface area contributed by atoms with Gasteiger partial charge in [0.2, 0.25) is 17.7 Å². The average molecular weight is 1360 g/mol. The molecule has 0 amide bonds. The number of nitrogens with zero attached hydrogens (tertiary/aromatic N) is 12. The van der Waals surface area contributed by atoms with Gasteiger partial charge < -0.3 is 26.0 Å². The molecule has 0 spiro atoms. The molecular formula is C71H59Cl3FN17OS2. The molecule has 24 heteroatoms. The number of aliphatic imine (C=N–C) groups is 4. The zero-order chi connectivity index (χ0) is 65.8. The zero-order valence-electron chi connectivity index (χ0n) is 51.8. The largest absolute Gasteiger partial charge is 0.419 e. The molecule has 0 radical (unpaired) electrons. The summed E-state index contributed by atoms with van der Waals surface area (Å²) in [6, 6.07) is 46.3. The molecule has 18 nitrogen and oxygen atoms in total. The lowest BCUT2D eigenvalue weighted by atomic mass is 10.1. The highest BCUT2D eigenvalue weighted by Gasteiger charge is 2.22.